The Morgan fingerprint density at radius 2 is 1.97 bits per heavy atom. The molecule has 0 spiro atoms. The molecule has 1 aliphatic heterocycles. The van der Waals surface area contributed by atoms with Crippen LogP contribution in [0.4, 0.5) is 0 Å². The van der Waals surface area contributed by atoms with Crippen LogP contribution < -0.4 is 0 Å². The van der Waals surface area contributed by atoms with Crippen molar-refractivity contribution < 1.29 is 9.59 Å². The molecule has 0 aliphatic carbocycles. The maximum absolute atomic E-state index is 13.4. The fourth-order valence-electron chi connectivity index (χ4n) is 4.29. The van der Waals surface area contributed by atoms with Gasteiger partial charge in [0.15, 0.2) is 0 Å². The molecule has 4 rings (SSSR count). The van der Waals surface area contributed by atoms with Crippen LogP contribution in [0.2, 0.25) is 0 Å². The highest BCUT2D eigenvalue weighted by molar-refractivity contribution is 7.13. The van der Waals surface area contributed by atoms with E-state index in [0.717, 1.165) is 11.1 Å². The van der Waals surface area contributed by atoms with E-state index >= 15 is 0 Å². The summed E-state index contributed by atoms with van der Waals surface area (Å²) in [6.07, 6.45) is 2.20. The summed E-state index contributed by atoms with van der Waals surface area (Å²) < 4.78 is 0. The van der Waals surface area contributed by atoms with Crippen molar-refractivity contribution in [3.63, 3.8) is 0 Å². The Morgan fingerprint density at radius 3 is 2.69 bits per heavy atom. The average molecular weight is 449 g/mol. The highest BCUT2D eigenvalue weighted by Gasteiger charge is 2.33. The number of carbonyl (C=O) groups is 2. The van der Waals surface area contributed by atoms with Crippen LogP contribution in [0, 0.1) is 19.8 Å². The Labute approximate surface area is 192 Å². The van der Waals surface area contributed by atoms with Gasteiger partial charge < -0.3 is 9.80 Å². The molecule has 32 heavy (non-hydrogen) atoms. The molecular formula is C25H28N4O2S. The standard InChI is InChI=1S/C25H28N4O2S/c1-4-28-11-12-29(25(31)22-15-26-18(3)27-17(22)2)16-20(24(28)30)14-19-8-5-6-9-21(19)23-10-7-13-32-23/h5-10,13,15,20H,4,11-12,14,16H2,1-3H3/t20-/m0/s1. The van der Waals surface area contributed by atoms with Gasteiger partial charge in [0.1, 0.15) is 5.82 Å². The van der Waals surface area contributed by atoms with Crippen LogP contribution in [-0.4, -0.2) is 57.8 Å². The van der Waals surface area contributed by atoms with Crippen molar-refractivity contribution in [2.24, 2.45) is 5.92 Å². The van der Waals surface area contributed by atoms with Crippen molar-refractivity contribution in [3.8, 4) is 10.4 Å². The van der Waals surface area contributed by atoms with E-state index < -0.39 is 0 Å². The molecule has 166 valence electrons. The number of thiophene rings is 1. The lowest BCUT2D eigenvalue weighted by atomic mass is 9.93. The number of hydrogen-bond acceptors (Lipinski definition) is 5. The van der Waals surface area contributed by atoms with Crippen LogP contribution in [-0.2, 0) is 11.2 Å². The molecule has 1 aromatic carbocycles. The molecule has 3 aromatic rings. The van der Waals surface area contributed by atoms with E-state index in [1.807, 2.05) is 43.9 Å². The molecule has 1 fully saturated rings. The topological polar surface area (TPSA) is 66.4 Å². The SMILES string of the molecule is CCN1CCN(C(=O)c2cnc(C)nc2C)C[C@H](Cc2ccccc2-c2cccs2)C1=O. The fourth-order valence-corrected chi connectivity index (χ4v) is 5.08. The van der Waals surface area contributed by atoms with E-state index in [-0.39, 0.29) is 17.7 Å². The second kappa shape index (κ2) is 9.61. The van der Waals surface area contributed by atoms with Crippen molar-refractivity contribution in [1.29, 1.82) is 0 Å². The first-order valence-electron chi connectivity index (χ1n) is 11.0. The van der Waals surface area contributed by atoms with Crippen LogP contribution in [0.25, 0.3) is 10.4 Å². The summed E-state index contributed by atoms with van der Waals surface area (Å²) in [4.78, 5) is 40.1. The minimum Gasteiger partial charge on any atom is -0.341 e. The number of aryl methyl sites for hydroxylation is 2. The van der Waals surface area contributed by atoms with Crippen molar-refractivity contribution in [2.75, 3.05) is 26.2 Å². The van der Waals surface area contributed by atoms with Gasteiger partial charge in [0.05, 0.1) is 17.2 Å². The van der Waals surface area contributed by atoms with Gasteiger partial charge >= 0.3 is 0 Å². The van der Waals surface area contributed by atoms with E-state index in [1.165, 1.54) is 4.88 Å². The zero-order valence-corrected chi connectivity index (χ0v) is 19.6. The van der Waals surface area contributed by atoms with Crippen LogP contribution in [0.5, 0.6) is 0 Å². The molecule has 1 atom stereocenters. The zero-order valence-electron chi connectivity index (χ0n) is 18.7. The molecular weight excluding hydrogens is 420 g/mol. The number of likely N-dealkylation sites (N-methyl/N-ethyl adjacent to an activating group) is 1. The minimum atomic E-state index is -0.297. The van der Waals surface area contributed by atoms with Gasteiger partial charge in [-0.15, -0.1) is 11.3 Å². The molecule has 3 heterocycles. The predicted octanol–water partition coefficient (Wildman–Crippen LogP) is 3.99. The monoisotopic (exact) mass is 448 g/mol. The van der Waals surface area contributed by atoms with Gasteiger partial charge in [0, 0.05) is 37.3 Å². The number of benzene rings is 1. The summed E-state index contributed by atoms with van der Waals surface area (Å²) in [5.41, 5.74) is 3.47. The Hall–Kier alpha value is -3.06. The van der Waals surface area contributed by atoms with E-state index in [9.17, 15) is 9.59 Å². The van der Waals surface area contributed by atoms with E-state index in [0.29, 0.717) is 49.7 Å². The largest absolute Gasteiger partial charge is 0.341 e. The summed E-state index contributed by atoms with van der Waals surface area (Å²) in [5.74, 6) is 0.352. The second-order valence-corrected chi connectivity index (χ2v) is 9.07. The molecule has 7 heteroatoms. The quantitative estimate of drug-likeness (QED) is 0.592. The first kappa shape index (κ1) is 22.1. The average Bonchev–Trinajstić information content (AvgIpc) is 3.27. The van der Waals surface area contributed by atoms with Crippen LogP contribution >= 0.6 is 11.3 Å². The first-order valence-corrected chi connectivity index (χ1v) is 11.9. The molecule has 2 amide bonds. The first-order chi connectivity index (χ1) is 15.5. The lowest BCUT2D eigenvalue weighted by Gasteiger charge is -2.24. The predicted molar refractivity (Wildman–Crippen MR) is 127 cm³/mol. The van der Waals surface area contributed by atoms with Crippen molar-refractivity contribution in [3.05, 3.63) is 70.6 Å². The third kappa shape index (κ3) is 4.58. The third-order valence-corrected chi connectivity index (χ3v) is 6.91. The van der Waals surface area contributed by atoms with Gasteiger partial charge in [0.25, 0.3) is 5.91 Å². The summed E-state index contributed by atoms with van der Waals surface area (Å²) >= 11 is 1.69. The summed E-state index contributed by atoms with van der Waals surface area (Å²) in [6.45, 7) is 7.70. The zero-order chi connectivity index (χ0) is 22.7. The van der Waals surface area contributed by atoms with Gasteiger partial charge in [-0.25, -0.2) is 9.97 Å². The molecule has 0 unspecified atom stereocenters. The third-order valence-electron chi connectivity index (χ3n) is 6.01. The van der Waals surface area contributed by atoms with Crippen LogP contribution in [0.3, 0.4) is 0 Å². The summed E-state index contributed by atoms with van der Waals surface area (Å²) in [7, 11) is 0. The summed E-state index contributed by atoms with van der Waals surface area (Å²) in [5, 5.41) is 2.06. The lowest BCUT2D eigenvalue weighted by molar-refractivity contribution is -0.134. The van der Waals surface area contributed by atoms with E-state index in [2.05, 4.69) is 33.5 Å². The molecule has 0 bridgehead atoms. The number of hydrogen-bond donors (Lipinski definition) is 0. The minimum absolute atomic E-state index is 0.107. The number of aromatic nitrogens is 2. The van der Waals surface area contributed by atoms with Gasteiger partial charge in [-0.2, -0.15) is 0 Å². The summed E-state index contributed by atoms with van der Waals surface area (Å²) in [6, 6.07) is 12.4. The smallest absolute Gasteiger partial charge is 0.257 e. The normalized spacial score (nSPS) is 16.8. The van der Waals surface area contributed by atoms with E-state index in [4.69, 9.17) is 0 Å². The fraction of sp³-hybridized carbons (Fsp3) is 0.360. The Balaban J connectivity index is 1.63. The van der Waals surface area contributed by atoms with Crippen LogP contribution in [0.1, 0.15) is 34.4 Å². The Morgan fingerprint density at radius 1 is 1.16 bits per heavy atom. The molecule has 2 aromatic heterocycles. The van der Waals surface area contributed by atoms with Crippen molar-refractivity contribution in [2.45, 2.75) is 27.2 Å². The molecule has 6 nitrogen and oxygen atoms in total. The lowest BCUT2D eigenvalue weighted by Crippen LogP contribution is -2.38. The van der Waals surface area contributed by atoms with E-state index in [1.54, 1.807) is 22.4 Å². The van der Waals surface area contributed by atoms with Gasteiger partial charge in [0.2, 0.25) is 5.91 Å². The van der Waals surface area contributed by atoms with Gasteiger partial charge in [-0.1, -0.05) is 30.3 Å². The van der Waals surface area contributed by atoms with Crippen molar-refractivity contribution >= 4 is 23.2 Å². The molecule has 0 saturated carbocycles. The molecule has 1 aliphatic rings. The molecule has 0 radical (unpaired) electrons. The number of nitrogens with zero attached hydrogens (tertiary/aromatic N) is 4. The molecule has 0 N–H and O–H groups in total. The van der Waals surface area contributed by atoms with Gasteiger partial charge in [-0.3, -0.25) is 9.59 Å². The second-order valence-electron chi connectivity index (χ2n) is 8.12. The maximum Gasteiger partial charge on any atom is 0.257 e. The van der Waals surface area contributed by atoms with Crippen LogP contribution in [0.15, 0.2) is 48.0 Å². The van der Waals surface area contributed by atoms with Gasteiger partial charge in [-0.05, 0) is 49.8 Å². The highest BCUT2D eigenvalue weighted by Crippen LogP contribution is 2.30. The maximum atomic E-state index is 13.4. The number of amides is 2. The number of carbonyl (C=O) groups excluding carboxylic acids is 2. The number of rotatable bonds is 5. The Kier molecular flexibility index (Phi) is 6.65. The van der Waals surface area contributed by atoms with Crippen molar-refractivity contribution in [1.82, 2.24) is 19.8 Å². The highest BCUT2D eigenvalue weighted by atomic mass is 32.1. The Bertz CT molecular complexity index is 1110. The molecule has 1 saturated heterocycles.